The van der Waals surface area contributed by atoms with Crippen molar-refractivity contribution in [2.75, 3.05) is 26.8 Å². The van der Waals surface area contributed by atoms with Gasteiger partial charge in [0.15, 0.2) is 0 Å². The second-order valence-electron chi connectivity index (χ2n) is 13.3. The summed E-state index contributed by atoms with van der Waals surface area (Å²) < 4.78 is 60.3. The lowest BCUT2D eigenvalue weighted by Crippen LogP contribution is -2.50. The predicted octanol–water partition coefficient (Wildman–Crippen LogP) is 7.44. The highest BCUT2D eigenvalue weighted by molar-refractivity contribution is 5.93. The van der Waals surface area contributed by atoms with E-state index < -0.39 is 41.9 Å². The first-order valence-electron chi connectivity index (χ1n) is 14.7. The third-order valence-electron chi connectivity index (χ3n) is 7.69. The van der Waals surface area contributed by atoms with Gasteiger partial charge in [0, 0.05) is 61.1 Å². The van der Waals surface area contributed by atoms with Gasteiger partial charge >= 0.3 is 18.2 Å². The standard InChI is InChI=1S/C33H42F3N3O5/c1-20(42-8)28-24(10-9-13-37-28)29-26(15-32(6,7)19-43-21(2)40)25-14-22(11-12-27(25)39(29)18-33(34,35)36)23-16-38(17-23)30(41)44-31(3,4)5/h9-14,20,23H,15-19H2,1-8H3/t20-/m0/s1. The molecule has 2 aromatic heterocycles. The van der Waals surface area contributed by atoms with Gasteiger partial charge in [0.25, 0.3) is 0 Å². The van der Waals surface area contributed by atoms with Crippen LogP contribution >= 0.6 is 0 Å². The maximum absolute atomic E-state index is 14.2. The van der Waals surface area contributed by atoms with E-state index in [0.29, 0.717) is 52.9 Å². The molecule has 1 aliphatic rings. The van der Waals surface area contributed by atoms with Crippen molar-refractivity contribution in [3.63, 3.8) is 0 Å². The van der Waals surface area contributed by atoms with Crippen LogP contribution in [0, 0.1) is 5.41 Å². The molecule has 0 N–H and O–H groups in total. The van der Waals surface area contributed by atoms with E-state index in [1.807, 2.05) is 46.8 Å². The van der Waals surface area contributed by atoms with Crippen LogP contribution in [-0.4, -0.2) is 65.1 Å². The molecule has 1 aromatic carbocycles. The average Bonchev–Trinajstić information content (AvgIpc) is 3.15. The molecule has 1 saturated heterocycles. The fourth-order valence-electron chi connectivity index (χ4n) is 5.57. The minimum absolute atomic E-state index is 0.00528. The molecule has 240 valence electrons. The number of halogens is 3. The zero-order valence-corrected chi connectivity index (χ0v) is 26.7. The Balaban J connectivity index is 1.89. The molecule has 8 nitrogen and oxygen atoms in total. The number of fused-ring (bicyclic) bond motifs is 1. The van der Waals surface area contributed by atoms with Crippen LogP contribution < -0.4 is 0 Å². The first-order valence-corrected chi connectivity index (χ1v) is 14.7. The molecule has 44 heavy (non-hydrogen) atoms. The van der Waals surface area contributed by atoms with Crippen molar-refractivity contribution in [2.45, 2.75) is 85.2 Å². The summed E-state index contributed by atoms with van der Waals surface area (Å²) in [7, 11) is 1.53. The number of amides is 1. The zero-order chi connectivity index (χ0) is 32.6. The van der Waals surface area contributed by atoms with Crippen LogP contribution in [0.4, 0.5) is 18.0 Å². The highest BCUT2D eigenvalue weighted by atomic mass is 19.4. The molecule has 1 atom stereocenters. The number of pyridine rings is 1. The van der Waals surface area contributed by atoms with E-state index in [0.717, 1.165) is 5.56 Å². The van der Waals surface area contributed by atoms with Crippen LogP contribution in [0.3, 0.4) is 0 Å². The number of rotatable bonds is 9. The van der Waals surface area contributed by atoms with E-state index >= 15 is 0 Å². The molecule has 3 heterocycles. The first kappa shape index (κ1) is 33.3. The predicted molar refractivity (Wildman–Crippen MR) is 161 cm³/mol. The summed E-state index contributed by atoms with van der Waals surface area (Å²) in [5.74, 6) is -0.422. The number of ether oxygens (including phenoxy) is 3. The smallest absolute Gasteiger partial charge is 0.410 e. The highest BCUT2D eigenvalue weighted by Gasteiger charge is 2.37. The van der Waals surface area contributed by atoms with E-state index in [1.54, 1.807) is 36.2 Å². The van der Waals surface area contributed by atoms with Gasteiger partial charge in [0.1, 0.15) is 12.1 Å². The molecule has 0 aliphatic carbocycles. The Bertz CT molecular complexity index is 1520. The lowest BCUT2D eigenvalue weighted by Gasteiger charge is -2.40. The second kappa shape index (κ2) is 12.4. The number of hydrogen-bond acceptors (Lipinski definition) is 6. The molecular weight excluding hydrogens is 575 g/mol. The minimum Gasteiger partial charge on any atom is -0.465 e. The van der Waals surface area contributed by atoms with Gasteiger partial charge in [-0.3, -0.25) is 9.78 Å². The van der Waals surface area contributed by atoms with Gasteiger partial charge in [-0.25, -0.2) is 4.79 Å². The van der Waals surface area contributed by atoms with E-state index in [-0.39, 0.29) is 12.5 Å². The zero-order valence-electron chi connectivity index (χ0n) is 26.7. The third kappa shape index (κ3) is 7.72. The Kier molecular flexibility index (Phi) is 9.40. The second-order valence-corrected chi connectivity index (χ2v) is 13.3. The number of carbonyl (C=O) groups is 2. The van der Waals surface area contributed by atoms with Crippen molar-refractivity contribution in [1.82, 2.24) is 14.5 Å². The lowest BCUT2D eigenvalue weighted by atomic mass is 9.83. The van der Waals surface area contributed by atoms with Crippen LogP contribution in [0.2, 0.25) is 0 Å². The Morgan fingerprint density at radius 3 is 2.36 bits per heavy atom. The molecule has 1 aliphatic heterocycles. The van der Waals surface area contributed by atoms with Gasteiger partial charge < -0.3 is 23.7 Å². The monoisotopic (exact) mass is 617 g/mol. The molecule has 3 aromatic rings. The molecule has 11 heteroatoms. The summed E-state index contributed by atoms with van der Waals surface area (Å²) in [5.41, 5.74) is 2.30. The van der Waals surface area contributed by atoms with Crippen LogP contribution in [0.5, 0.6) is 0 Å². The molecular formula is C33H42F3N3O5. The summed E-state index contributed by atoms with van der Waals surface area (Å²) in [6.07, 6.45) is -3.44. The van der Waals surface area contributed by atoms with Crippen LogP contribution in [0.15, 0.2) is 36.5 Å². The quantitative estimate of drug-likeness (QED) is 0.232. The highest BCUT2D eigenvalue weighted by Crippen LogP contribution is 2.43. The molecule has 0 radical (unpaired) electrons. The maximum Gasteiger partial charge on any atom is 0.410 e. The number of carbonyl (C=O) groups excluding carboxylic acids is 2. The van der Waals surface area contributed by atoms with E-state index in [1.165, 1.54) is 18.6 Å². The van der Waals surface area contributed by atoms with Crippen molar-refractivity contribution in [3.05, 3.63) is 53.3 Å². The van der Waals surface area contributed by atoms with E-state index in [9.17, 15) is 22.8 Å². The fraction of sp³-hybridized carbons (Fsp3) is 0.545. The van der Waals surface area contributed by atoms with Gasteiger partial charge in [-0.1, -0.05) is 19.9 Å². The van der Waals surface area contributed by atoms with Crippen molar-refractivity contribution in [1.29, 1.82) is 0 Å². The van der Waals surface area contributed by atoms with Gasteiger partial charge in [-0.15, -0.1) is 0 Å². The Morgan fingerprint density at radius 1 is 1.09 bits per heavy atom. The number of benzene rings is 1. The number of alkyl halides is 3. The Hall–Kier alpha value is -3.60. The van der Waals surface area contributed by atoms with Crippen molar-refractivity contribution in [3.8, 4) is 11.3 Å². The largest absolute Gasteiger partial charge is 0.465 e. The maximum atomic E-state index is 14.2. The summed E-state index contributed by atoms with van der Waals surface area (Å²) in [5, 5.41) is 0.674. The van der Waals surface area contributed by atoms with E-state index in [2.05, 4.69) is 4.98 Å². The average molecular weight is 618 g/mol. The third-order valence-corrected chi connectivity index (χ3v) is 7.69. The van der Waals surface area contributed by atoms with Crippen molar-refractivity contribution >= 4 is 23.0 Å². The first-order chi connectivity index (χ1) is 20.4. The van der Waals surface area contributed by atoms with Crippen molar-refractivity contribution in [2.24, 2.45) is 5.41 Å². The summed E-state index contributed by atoms with van der Waals surface area (Å²) >= 11 is 0. The Morgan fingerprint density at radius 2 is 1.77 bits per heavy atom. The number of aromatic nitrogens is 2. The van der Waals surface area contributed by atoms with Gasteiger partial charge in [-0.2, -0.15) is 13.2 Å². The fourth-order valence-corrected chi connectivity index (χ4v) is 5.57. The summed E-state index contributed by atoms with van der Waals surface area (Å²) in [6, 6.07) is 8.98. The molecule has 1 fully saturated rings. The molecule has 0 bridgehead atoms. The SMILES string of the molecule is CO[C@@H](C)c1ncccc1-c1c(CC(C)(C)COC(C)=O)c2cc(C3CN(C(=O)OC(C)(C)C)C3)ccc2n1CC(F)(F)F. The topological polar surface area (TPSA) is 82.9 Å². The van der Waals surface area contributed by atoms with Gasteiger partial charge in [-0.05, 0) is 69.5 Å². The van der Waals surface area contributed by atoms with Crippen molar-refractivity contribution < 1.29 is 37.0 Å². The van der Waals surface area contributed by atoms with Gasteiger partial charge in [0.2, 0.25) is 0 Å². The molecule has 0 spiro atoms. The van der Waals surface area contributed by atoms with Crippen LogP contribution in [0.25, 0.3) is 22.2 Å². The number of esters is 1. The molecule has 4 rings (SSSR count). The number of methoxy groups -OCH3 is 1. The van der Waals surface area contributed by atoms with Gasteiger partial charge in [0.05, 0.1) is 24.1 Å². The summed E-state index contributed by atoms with van der Waals surface area (Å²) in [6.45, 7) is 12.2. The normalized spacial score (nSPS) is 15.3. The Labute approximate surface area is 256 Å². The molecule has 1 amide bonds. The number of hydrogen-bond donors (Lipinski definition) is 0. The van der Waals surface area contributed by atoms with Crippen LogP contribution in [-0.2, 0) is 32.0 Å². The van der Waals surface area contributed by atoms with Crippen LogP contribution in [0.1, 0.15) is 77.3 Å². The lowest BCUT2D eigenvalue weighted by molar-refractivity contribution is -0.144. The molecule has 0 saturated carbocycles. The molecule has 0 unspecified atom stereocenters. The minimum atomic E-state index is -4.50. The number of nitrogens with zero attached hydrogens (tertiary/aromatic N) is 3. The van der Waals surface area contributed by atoms with E-state index in [4.69, 9.17) is 14.2 Å². The summed E-state index contributed by atoms with van der Waals surface area (Å²) in [4.78, 5) is 30.3. The number of likely N-dealkylation sites (tertiary alicyclic amines) is 1.